The summed E-state index contributed by atoms with van der Waals surface area (Å²) >= 11 is 0. The first-order chi connectivity index (χ1) is 11.9. The normalized spacial score (nSPS) is 22.0. The van der Waals surface area contributed by atoms with Gasteiger partial charge >= 0.3 is 0 Å². The van der Waals surface area contributed by atoms with Gasteiger partial charge in [-0.3, -0.25) is 14.5 Å². The lowest BCUT2D eigenvalue weighted by Gasteiger charge is -2.25. The molecule has 3 rings (SSSR count). The SMILES string of the molecule is CCC1CCCN1S(=O)(=O)c1cc(N2C(=O)CCC2=O)ccc1OC. The van der Waals surface area contributed by atoms with E-state index in [4.69, 9.17) is 4.74 Å². The van der Waals surface area contributed by atoms with Crippen LogP contribution >= 0.6 is 0 Å². The average molecular weight is 366 g/mol. The Hall–Kier alpha value is -1.93. The molecule has 2 aliphatic rings. The van der Waals surface area contributed by atoms with E-state index in [-0.39, 0.29) is 47.0 Å². The summed E-state index contributed by atoms with van der Waals surface area (Å²) in [5.74, 6) is -0.415. The predicted octanol–water partition coefficient (Wildman–Crippen LogP) is 1.91. The van der Waals surface area contributed by atoms with Gasteiger partial charge in [0.1, 0.15) is 10.6 Å². The third-order valence-corrected chi connectivity index (χ3v) is 6.81. The van der Waals surface area contributed by atoms with Gasteiger partial charge in [0.05, 0.1) is 12.8 Å². The molecule has 2 saturated heterocycles. The van der Waals surface area contributed by atoms with Crippen molar-refractivity contribution in [2.24, 2.45) is 0 Å². The number of anilines is 1. The van der Waals surface area contributed by atoms with Crippen molar-refractivity contribution in [2.75, 3.05) is 18.6 Å². The summed E-state index contributed by atoms with van der Waals surface area (Å²) in [6.45, 7) is 2.43. The highest BCUT2D eigenvalue weighted by atomic mass is 32.2. The summed E-state index contributed by atoms with van der Waals surface area (Å²) in [6.07, 6.45) is 2.70. The molecular formula is C17H22N2O5S. The second-order valence-corrected chi connectivity index (χ2v) is 8.14. The van der Waals surface area contributed by atoms with Crippen molar-refractivity contribution in [3.63, 3.8) is 0 Å². The maximum atomic E-state index is 13.2. The Morgan fingerprint density at radius 2 is 1.88 bits per heavy atom. The van der Waals surface area contributed by atoms with E-state index in [0.717, 1.165) is 24.2 Å². The average Bonchev–Trinajstić information content (AvgIpc) is 3.21. The first-order valence-corrected chi connectivity index (χ1v) is 9.89. The van der Waals surface area contributed by atoms with Gasteiger partial charge in [0.25, 0.3) is 0 Å². The van der Waals surface area contributed by atoms with Crippen LogP contribution in [0.1, 0.15) is 39.0 Å². The van der Waals surface area contributed by atoms with Gasteiger partial charge in [-0.15, -0.1) is 0 Å². The van der Waals surface area contributed by atoms with Crippen LogP contribution in [-0.4, -0.2) is 44.2 Å². The fourth-order valence-corrected chi connectivity index (χ4v) is 5.47. The lowest BCUT2D eigenvalue weighted by molar-refractivity contribution is -0.121. The highest BCUT2D eigenvalue weighted by Crippen LogP contribution is 2.36. The molecule has 2 amide bonds. The van der Waals surface area contributed by atoms with Gasteiger partial charge in [-0.2, -0.15) is 4.31 Å². The van der Waals surface area contributed by atoms with E-state index in [1.165, 1.54) is 23.5 Å². The number of imide groups is 1. The Morgan fingerprint density at radius 3 is 2.48 bits per heavy atom. The van der Waals surface area contributed by atoms with Gasteiger partial charge in [0.15, 0.2) is 0 Å². The summed E-state index contributed by atoms with van der Waals surface area (Å²) in [7, 11) is -2.37. The van der Waals surface area contributed by atoms with Crippen molar-refractivity contribution in [1.29, 1.82) is 0 Å². The molecule has 0 aromatic heterocycles. The van der Waals surface area contributed by atoms with Crippen LogP contribution in [0.25, 0.3) is 0 Å². The molecule has 0 aliphatic carbocycles. The molecule has 8 heteroatoms. The minimum atomic E-state index is -3.77. The number of hydrogen-bond acceptors (Lipinski definition) is 5. The Balaban J connectivity index is 2.06. The number of amides is 2. The van der Waals surface area contributed by atoms with Crippen molar-refractivity contribution in [3.05, 3.63) is 18.2 Å². The number of carbonyl (C=O) groups is 2. The van der Waals surface area contributed by atoms with Gasteiger partial charge in [-0.1, -0.05) is 6.92 Å². The van der Waals surface area contributed by atoms with Crippen LogP contribution in [0.15, 0.2) is 23.1 Å². The molecular weight excluding hydrogens is 344 g/mol. The van der Waals surface area contributed by atoms with Gasteiger partial charge in [0.2, 0.25) is 21.8 Å². The molecule has 0 saturated carbocycles. The molecule has 0 radical (unpaired) electrons. The van der Waals surface area contributed by atoms with Crippen LogP contribution < -0.4 is 9.64 Å². The summed E-state index contributed by atoms with van der Waals surface area (Å²) in [6, 6.07) is 4.38. The summed E-state index contributed by atoms with van der Waals surface area (Å²) in [5, 5.41) is 0. The number of ether oxygens (including phenoxy) is 1. The van der Waals surface area contributed by atoms with Crippen molar-refractivity contribution < 1.29 is 22.7 Å². The van der Waals surface area contributed by atoms with E-state index in [1.54, 1.807) is 6.07 Å². The maximum absolute atomic E-state index is 13.2. The van der Waals surface area contributed by atoms with E-state index in [2.05, 4.69) is 0 Å². The molecule has 0 N–H and O–H groups in total. The first kappa shape index (κ1) is 17.9. The van der Waals surface area contributed by atoms with Crippen LogP contribution in [0.4, 0.5) is 5.69 Å². The molecule has 2 aliphatic heterocycles. The minimum Gasteiger partial charge on any atom is -0.495 e. The van der Waals surface area contributed by atoms with Crippen molar-refractivity contribution in [3.8, 4) is 5.75 Å². The standard InChI is InChI=1S/C17H22N2O5S/c1-3-12-5-4-10-18(12)25(22,23)15-11-13(6-7-14(15)24-2)19-16(20)8-9-17(19)21/h6-7,11-12H,3-5,8-10H2,1-2H3. The fourth-order valence-electron chi connectivity index (χ4n) is 3.53. The second kappa shape index (κ2) is 6.76. The Bertz CT molecular complexity index is 789. The molecule has 25 heavy (non-hydrogen) atoms. The van der Waals surface area contributed by atoms with Crippen molar-refractivity contribution in [2.45, 2.75) is 50.0 Å². The van der Waals surface area contributed by atoms with E-state index in [0.29, 0.717) is 6.54 Å². The number of benzene rings is 1. The number of sulfonamides is 1. The van der Waals surface area contributed by atoms with Crippen LogP contribution in [0.2, 0.25) is 0 Å². The zero-order chi connectivity index (χ0) is 18.2. The highest BCUT2D eigenvalue weighted by molar-refractivity contribution is 7.89. The molecule has 1 aromatic carbocycles. The lowest BCUT2D eigenvalue weighted by atomic mass is 10.2. The Kier molecular flexibility index (Phi) is 4.83. The largest absolute Gasteiger partial charge is 0.495 e. The Morgan fingerprint density at radius 1 is 1.20 bits per heavy atom. The highest BCUT2D eigenvalue weighted by Gasteiger charge is 2.37. The summed E-state index contributed by atoms with van der Waals surface area (Å²) < 4.78 is 33.1. The van der Waals surface area contributed by atoms with Gasteiger partial charge < -0.3 is 4.74 Å². The van der Waals surface area contributed by atoms with Crippen molar-refractivity contribution >= 4 is 27.5 Å². The zero-order valence-electron chi connectivity index (χ0n) is 14.4. The molecule has 136 valence electrons. The fraction of sp³-hybridized carbons (Fsp3) is 0.529. The molecule has 1 aromatic rings. The minimum absolute atomic E-state index is 0.000324. The number of rotatable bonds is 5. The molecule has 1 atom stereocenters. The summed E-state index contributed by atoms with van der Waals surface area (Å²) in [5.41, 5.74) is 0.277. The summed E-state index contributed by atoms with van der Waals surface area (Å²) in [4.78, 5) is 25.0. The van der Waals surface area contributed by atoms with Gasteiger partial charge in [-0.25, -0.2) is 8.42 Å². The maximum Gasteiger partial charge on any atom is 0.247 e. The number of methoxy groups -OCH3 is 1. The van der Waals surface area contributed by atoms with Crippen LogP contribution in [-0.2, 0) is 19.6 Å². The molecule has 1 unspecified atom stereocenters. The molecule has 2 fully saturated rings. The van der Waals surface area contributed by atoms with E-state index >= 15 is 0 Å². The second-order valence-electron chi connectivity index (χ2n) is 6.28. The molecule has 0 bridgehead atoms. The van der Waals surface area contributed by atoms with E-state index in [9.17, 15) is 18.0 Å². The van der Waals surface area contributed by atoms with E-state index < -0.39 is 10.0 Å². The van der Waals surface area contributed by atoms with Crippen LogP contribution in [0.3, 0.4) is 0 Å². The number of carbonyl (C=O) groups excluding carboxylic acids is 2. The van der Waals surface area contributed by atoms with Crippen LogP contribution in [0, 0.1) is 0 Å². The molecule has 2 heterocycles. The Labute approximate surface area is 147 Å². The smallest absolute Gasteiger partial charge is 0.247 e. The lowest BCUT2D eigenvalue weighted by Crippen LogP contribution is -2.35. The van der Waals surface area contributed by atoms with Crippen LogP contribution in [0.5, 0.6) is 5.75 Å². The van der Waals surface area contributed by atoms with E-state index in [1.807, 2.05) is 6.92 Å². The van der Waals surface area contributed by atoms with Gasteiger partial charge in [-0.05, 0) is 37.5 Å². The predicted molar refractivity (Wildman–Crippen MR) is 91.9 cm³/mol. The number of hydrogen-bond donors (Lipinski definition) is 0. The molecule has 7 nitrogen and oxygen atoms in total. The van der Waals surface area contributed by atoms with Crippen molar-refractivity contribution in [1.82, 2.24) is 4.31 Å². The third-order valence-electron chi connectivity index (χ3n) is 4.84. The van der Waals surface area contributed by atoms with Gasteiger partial charge in [0, 0.05) is 25.4 Å². The quantitative estimate of drug-likeness (QED) is 0.743. The molecule has 0 spiro atoms. The monoisotopic (exact) mass is 366 g/mol. The number of nitrogens with zero attached hydrogens (tertiary/aromatic N) is 2. The topological polar surface area (TPSA) is 84.0 Å². The third kappa shape index (κ3) is 3.04. The first-order valence-electron chi connectivity index (χ1n) is 8.45. The zero-order valence-corrected chi connectivity index (χ0v) is 15.2.